The molecule has 2 aromatic rings. The standard InChI is InChI=1S/C13H17N3O2S/c1-13(2,3)11-9-12(15-14-11)16-19(17,18)10-7-5-4-6-8-10/h4-9H,1-3H3,(H2,14,15,16). The maximum Gasteiger partial charge on any atom is 0.263 e. The van der Waals surface area contributed by atoms with E-state index in [1.807, 2.05) is 20.8 Å². The zero-order valence-corrected chi connectivity index (χ0v) is 12.0. The van der Waals surface area contributed by atoms with Crippen molar-refractivity contribution in [2.24, 2.45) is 0 Å². The molecule has 2 rings (SSSR count). The minimum Gasteiger partial charge on any atom is -0.280 e. The number of benzene rings is 1. The summed E-state index contributed by atoms with van der Waals surface area (Å²) in [6.07, 6.45) is 0. The van der Waals surface area contributed by atoms with Crippen LogP contribution < -0.4 is 4.72 Å². The molecule has 0 saturated heterocycles. The molecule has 0 spiro atoms. The molecule has 0 amide bonds. The van der Waals surface area contributed by atoms with Gasteiger partial charge in [-0.15, -0.1) is 0 Å². The summed E-state index contributed by atoms with van der Waals surface area (Å²) in [5.41, 5.74) is 0.766. The summed E-state index contributed by atoms with van der Waals surface area (Å²) in [4.78, 5) is 0.218. The van der Waals surface area contributed by atoms with Crippen LogP contribution in [0.5, 0.6) is 0 Å². The van der Waals surface area contributed by atoms with E-state index in [1.54, 1.807) is 36.4 Å². The first-order chi connectivity index (χ1) is 8.79. The topological polar surface area (TPSA) is 74.8 Å². The number of sulfonamides is 1. The monoisotopic (exact) mass is 279 g/mol. The number of hydrogen-bond donors (Lipinski definition) is 2. The van der Waals surface area contributed by atoms with E-state index in [0.717, 1.165) is 5.69 Å². The highest BCUT2D eigenvalue weighted by atomic mass is 32.2. The van der Waals surface area contributed by atoms with Crippen LogP contribution in [0.4, 0.5) is 5.82 Å². The van der Waals surface area contributed by atoms with E-state index in [0.29, 0.717) is 5.82 Å². The molecule has 1 aromatic carbocycles. The van der Waals surface area contributed by atoms with Crippen molar-refractivity contribution in [2.75, 3.05) is 4.72 Å². The first kappa shape index (κ1) is 13.6. The maximum absolute atomic E-state index is 12.1. The fourth-order valence-electron chi connectivity index (χ4n) is 1.55. The van der Waals surface area contributed by atoms with Gasteiger partial charge < -0.3 is 0 Å². The van der Waals surface area contributed by atoms with Crippen LogP contribution in [0.2, 0.25) is 0 Å². The summed E-state index contributed by atoms with van der Waals surface area (Å²) in [6.45, 7) is 6.07. The lowest BCUT2D eigenvalue weighted by Crippen LogP contribution is -2.13. The van der Waals surface area contributed by atoms with Gasteiger partial charge in [0.15, 0.2) is 5.82 Å². The van der Waals surface area contributed by atoms with Gasteiger partial charge in [0, 0.05) is 17.2 Å². The lowest BCUT2D eigenvalue weighted by molar-refractivity contribution is 0.567. The number of aromatic nitrogens is 2. The lowest BCUT2D eigenvalue weighted by Gasteiger charge is -2.14. The Kier molecular flexibility index (Phi) is 3.36. The van der Waals surface area contributed by atoms with Gasteiger partial charge in [-0.25, -0.2) is 8.42 Å². The zero-order valence-electron chi connectivity index (χ0n) is 11.1. The van der Waals surface area contributed by atoms with Crippen molar-refractivity contribution in [3.05, 3.63) is 42.1 Å². The highest BCUT2D eigenvalue weighted by Crippen LogP contribution is 2.23. The third-order valence-corrected chi connectivity index (χ3v) is 4.05. The van der Waals surface area contributed by atoms with E-state index < -0.39 is 10.0 Å². The number of nitrogens with one attached hydrogen (secondary N) is 2. The second kappa shape index (κ2) is 4.70. The van der Waals surface area contributed by atoms with E-state index in [2.05, 4.69) is 14.9 Å². The molecule has 0 aliphatic heterocycles. The van der Waals surface area contributed by atoms with Crippen LogP contribution >= 0.6 is 0 Å². The van der Waals surface area contributed by atoms with E-state index in [4.69, 9.17) is 0 Å². The fraction of sp³-hybridized carbons (Fsp3) is 0.308. The number of anilines is 1. The van der Waals surface area contributed by atoms with E-state index in [-0.39, 0.29) is 10.3 Å². The normalized spacial score (nSPS) is 12.4. The number of hydrogen-bond acceptors (Lipinski definition) is 3. The SMILES string of the molecule is CC(C)(C)c1cc(NS(=O)(=O)c2ccccc2)n[nH]1. The predicted octanol–water partition coefficient (Wildman–Crippen LogP) is 2.51. The van der Waals surface area contributed by atoms with Crippen molar-refractivity contribution in [1.82, 2.24) is 10.2 Å². The van der Waals surface area contributed by atoms with E-state index in [9.17, 15) is 8.42 Å². The van der Waals surface area contributed by atoms with Crippen LogP contribution in [-0.4, -0.2) is 18.6 Å². The fourth-order valence-corrected chi connectivity index (χ4v) is 2.57. The molecule has 0 fully saturated rings. The molecule has 0 atom stereocenters. The van der Waals surface area contributed by atoms with Crippen molar-refractivity contribution in [3.8, 4) is 0 Å². The third kappa shape index (κ3) is 3.14. The molecule has 0 radical (unpaired) electrons. The minimum absolute atomic E-state index is 0.108. The van der Waals surface area contributed by atoms with Crippen LogP contribution in [0.1, 0.15) is 26.5 Å². The van der Waals surface area contributed by atoms with E-state index in [1.165, 1.54) is 0 Å². The second-order valence-corrected chi connectivity index (χ2v) is 7.02. The smallest absolute Gasteiger partial charge is 0.263 e. The molecule has 5 nitrogen and oxygen atoms in total. The lowest BCUT2D eigenvalue weighted by atomic mass is 9.92. The quantitative estimate of drug-likeness (QED) is 0.906. The van der Waals surface area contributed by atoms with E-state index >= 15 is 0 Å². The molecular weight excluding hydrogens is 262 g/mol. The zero-order chi connectivity index (χ0) is 14.1. The van der Waals surface area contributed by atoms with Gasteiger partial charge in [-0.1, -0.05) is 39.0 Å². The number of H-pyrrole nitrogens is 1. The predicted molar refractivity (Wildman–Crippen MR) is 74.5 cm³/mol. The molecule has 2 N–H and O–H groups in total. The molecule has 0 aliphatic rings. The van der Waals surface area contributed by atoms with Crippen LogP contribution in [0.3, 0.4) is 0 Å². The van der Waals surface area contributed by atoms with Crippen LogP contribution in [0.15, 0.2) is 41.3 Å². The van der Waals surface area contributed by atoms with Crippen molar-refractivity contribution < 1.29 is 8.42 Å². The summed E-state index contributed by atoms with van der Waals surface area (Å²) in [6, 6.07) is 9.92. The third-order valence-electron chi connectivity index (χ3n) is 2.68. The Morgan fingerprint density at radius 2 is 1.79 bits per heavy atom. The molecule has 102 valence electrons. The largest absolute Gasteiger partial charge is 0.280 e. The number of rotatable bonds is 3. The summed E-state index contributed by atoms with van der Waals surface area (Å²) < 4.78 is 26.6. The maximum atomic E-state index is 12.1. The van der Waals surface area contributed by atoms with Crippen LogP contribution in [0.25, 0.3) is 0 Å². The Hall–Kier alpha value is -1.82. The summed E-state index contributed by atoms with van der Waals surface area (Å²) >= 11 is 0. The molecule has 19 heavy (non-hydrogen) atoms. The summed E-state index contributed by atoms with van der Waals surface area (Å²) in [5.74, 6) is 0.300. The highest BCUT2D eigenvalue weighted by molar-refractivity contribution is 7.92. The minimum atomic E-state index is -3.58. The van der Waals surface area contributed by atoms with Gasteiger partial charge >= 0.3 is 0 Å². The molecule has 6 heteroatoms. The van der Waals surface area contributed by atoms with Gasteiger partial charge in [-0.3, -0.25) is 9.82 Å². The average molecular weight is 279 g/mol. The van der Waals surface area contributed by atoms with Gasteiger partial charge in [-0.05, 0) is 12.1 Å². The molecule has 0 bridgehead atoms. The van der Waals surface area contributed by atoms with Gasteiger partial charge in [0.25, 0.3) is 10.0 Å². The Morgan fingerprint density at radius 3 is 2.32 bits per heavy atom. The Morgan fingerprint density at radius 1 is 1.16 bits per heavy atom. The Balaban J connectivity index is 2.25. The Bertz CT molecular complexity index is 655. The van der Waals surface area contributed by atoms with Gasteiger partial charge in [0.05, 0.1) is 4.90 Å². The van der Waals surface area contributed by atoms with Gasteiger partial charge in [-0.2, -0.15) is 5.10 Å². The number of nitrogens with zero attached hydrogens (tertiary/aromatic N) is 1. The first-order valence-electron chi connectivity index (χ1n) is 5.93. The second-order valence-electron chi connectivity index (χ2n) is 5.34. The van der Waals surface area contributed by atoms with Crippen molar-refractivity contribution >= 4 is 15.8 Å². The Labute approximate surface area is 113 Å². The van der Waals surface area contributed by atoms with Crippen LogP contribution in [0, 0.1) is 0 Å². The molecule has 0 unspecified atom stereocenters. The van der Waals surface area contributed by atoms with Crippen molar-refractivity contribution in [2.45, 2.75) is 31.1 Å². The van der Waals surface area contributed by atoms with Crippen molar-refractivity contribution in [3.63, 3.8) is 0 Å². The summed E-state index contributed by atoms with van der Waals surface area (Å²) in [5, 5.41) is 6.82. The van der Waals surface area contributed by atoms with Gasteiger partial charge in [0.2, 0.25) is 0 Å². The van der Waals surface area contributed by atoms with Crippen molar-refractivity contribution in [1.29, 1.82) is 0 Å². The average Bonchev–Trinajstić information content (AvgIpc) is 2.78. The highest BCUT2D eigenvalue weighted by Gasteiger charge is 2.19. The molecule has 1 aromatic heterocycles. The van der Waals surface area contributed by atoms with Gasteiger partial charge in [0.1, 0.15) is 0 Å². The summed E-state index contributed by atoms with van der Waals surface area (Å²) in [7, 11) is -3.58. The van der Waals surface area contributed by atoms with Crippen LogP contribution in [-0.2, 0) is 15.4 Å². The molecule has 0 aliphatic carbocycles. The first-order valence-corrected chi connectivity index (χ1v) is 7.41. The number of aromatic amines is 1. The molecular formula is C13H17N3O2S. The molecule has 0 saturated carbocycles. The molecule has 1 heterocycles.